The van der Waals surface area contributed by atoms with Gasteiger partial charge in [-0.3, -0.25) is 4.79 Å². The lowest BCUT2D eigenvalue weighted by Crippen LogP contribution is -2.75. The van der Waals surface area contributed by atoms with Crippen LogP contribution in [0.25, 0.3) is 0 Å². The van der Waals surface area contributed by atoms with Crippen LogP contribution in [0.3, 0.4) is 0 Å². The molecule has 5 heteroatoms. The number of aryl methyl sites for hydroxylation is 1. The lowest BCUT2D eigenvalue weighted by molar-refractivity contribution is -0.305. The van der Waals surface area contributed by atoms with E-state index in [4.69, 9.17) is 9.47 Å². The summed E-state index contributed by atoms with van der Waals surface area (Å²) < 4.78 is 12.1. The number of ether oxygens (including phenoxy) is 2. The number of benzene rings is 1. The number of methoxy groups -OCH3 is 1. The maximum atomic E-state index is 14.4. The molecule has 1 aliphatic heterocycles. The maximum Gasteiger partial charge on any atom is 0.146 e. The Balaban J connectivity index is 1.74. The zero-order chi connectivity index (χ0) is 24.6. The number of rotatable bonds is 6. The van der Waals surface area contributed by atoms with Crippen LogP contribution in [0.2, 0.25) is 0 Å². The van der Waals surface area contributed by atoms with Crippen LogP contribution in [-0.4, -0.2) is 40.4 Å². The highest BCUT2D eigenvalue weighted by atomic mass is 16.6. The van der Waals surface area contributed by atoms with Gasteiger partial charge in [0.2, 0.25) is 0 Å². The van der Waals surface area contributed by atoms with E-state index in [1.165, 1.54) is 0 Å². The first kappa shape index (κ1) is 24.3. The van der Waals surface area contributed by atoms with Crippen molar-refractivity contribution in [2.45, 2.75) is 91.0 Å². The van der Waals surface area contributed by atoms with Crippen molar-refractivity contribution in [3.63, 3.8) is 0 Å². The van der Waals surface area contributed by atoms with Crippen LogP contribution in [-0.2, 0) is 16.0 Å². The second-order valence-corrected chi connectivity index (χ2v) is 11.8. The highest BCUT2D eigenvalue weighted by Gasteiger charge is 2.82. The Morgan fingerprint density at radius 2 is 1.94 bits per heavy atom. The first-order valence-corrected chi connectivity index (χ1v) is 12.2. The van der Waals surface area contributed by atoms with Crippen molar-refractivity contribution in [3.05, 3.63) is 35.4 Å². The molecule has 33 heavy (non-hydrogen) atoms. The van der Waals surface area contributed by atoms with E-state index < -0.39 is 23.2 Å². The largest absolute Gasteiger partial charge is 0.507 e. The van der Waals surface area contributed by atoms with Gasteiger partial charge in [0, 0.05) is 17.8 Å². The predicted octanol–water partition coefficient (Wildman–Crippen LogP) is 5.14. The third-order valence-corrected chi connectivity index (χ3v) is 9.65. The van der Waals surface area contributed by atoms with Crippen molar-refractivity contribution < 1.29 is 24.5 Å². The number of aliphatic hydroxyl groups is 1. The maximum absolute atomic E-state index is 14.4. The van der Waals surface area contributed by atoms with E-state index in [0.29, 0.717) is 24.2 Å². The van der Waals surface area contributed by atoms with Gasteiger partial charge in [-0.15, -0.1) is 0 Å². The Bertz CT molecular complexity index is 996. The highest BCUT2D eigenvalue weighted by molar-refractivity contribution is 5.90. The Morgan fingerprint density at radius 3 is 2.48 bits per heavy atom. The number of fused-ring (bicyclic) bond motifs is 2. The van der Waals surface area contributed by atoms with Gasteiger partial charge in [-0.2, -0.15) is 0 Å². The normalized spacial score (nSPS) is 37.5. The van der Waals surface area contributed by atoms with Gasteiger partial charge in [0.15, 0.2) is 0 Å². The Hall–Kier alpha value is -1.85. The molecule has 1 aromatic carbocycles. The molecule has 4 rings (SSSR count). The number of carbonyl (C=O) groups excluding carboxylic acids is 1. The van der Waals surface area contributed by atoms with Gasteiger partial charge in [0.25, 0.3) is 0 Å². The van der Waals surface area contributed by atoms with Crippen LogP contribution >= 0.6 is 0 Å². The Labute approximate surface area is 198 Å². The first-order chi connectivity index (χ1) is 15.2. The van der Waals surface area contributed by atoms with E-state index >= 15 is 0 Å². The lowest BCUT2D eigenvalue weighted by atomic mass is 9.36. The van der Waals surface area contributed by atoms with Gasteiger partial charge in [-0.05, 0) is 75.6 Å². The van der Waals surface area contributed by atoms with Gasteiger partial charge in [0.05, 0.1) is 30.3 Å². The molecule has 0 bridgehead atoms. The number of carbonyl (C=O) groups is 1. The lowest BCUT2D eigenvalue weighted by Gasteiger charge is -2.70. The topological polar surface area (TPSA) is 76.0 Å². The van der Waals surface area contributed by atoms with Crippen LogP contribution < -0.4 is 4.74 Å². The third-order valence-electron chi connectivity index (χ3n) is 9.65. The van der Waals surface area contributed by atoms with Gasteiger partial charge >= 0.3 is 0 Å². The third kappa shape index (κ3) is 3.15. The van der Waals surface area contributed by atoms with Crippen molar-refractivity contribution in [3.8, 4) is 11.5 Å². The number of hydrogen-bond acceptors (Lipinski definition) is 5. The molecule has 1 saturated heterocycles. The molecule has 1 heterocycles. The number of aromatic hydroxyl groups is 1. The smallest absolute Gasteiger partial charge is 0.146 e. The average molecular weight is 457 g/mol. The molecule has 2 saturated carbocycles. The number of allylic oxidation sites excluding steroid dienone is 1. The molecule has 6 atom stereocenters. The number of phenols is 1. The number of Topliss-reactive ketones (excluding diaryl/α,β-unsaturated/α-hetero) is 1. The number of hydrogen-bond donors (Lipinski definition) is 2. The highest BCUT2D eigenvalue weighted by Crippen LogP contribution is 2.79. The van der Waals surface area contributed by atoms with Crippen molar-refractivity contribution in [2.24, 2.45) is 22.7 Å². The molecule has 0 amide bonds. The zero-order valence-electron chi connectivity index (χ0n) is 21.2. The molecule has 0 aromatic heterocycles. The molecule has 5 nitrogen and oxygen atoms in total. The van der Waals surface area contributed by atoms with Crippen molar-refractivity contribution in [1.29, 1.82) is 0 Å². The summed E-state index contributed by atoms with van der Waals surface area (Å²) in [5, 5.41) is 21.6. The van der Waals surface area contributed by atoms with E-state index in [-0.39, 0.29) is 28.3 Å². The van der Waals surface area contributed by atoms with Crippen molar-refractivity contribution in [2.75, 3.05) is 7.11 Å². The molecule has 2 N–H and O–H groups in total. The van der Waals surface area contributed by atoms with E-state index in [2.05, 4.69) is 20.4 Å². The standard InChI is InChI=1S/C28H40O5/c1-16(2)20(14-18-13-19(32-8)12-17(3)22(18)30)23(31)24-26(6)10-9-11-27(26,7)28(24)15-21(29)25(4,5)33-28/h12-13,20-21,24,29-30H,1,9-11,14-15H2,2-8H3/t20-,21-,24-,26-,27-,28-/m0/s1. The van der Waals surface area contributed by atoms with E-state index in [1.54, 1.807) is 13.2 Å². The van der Waals surface area contributed by atoms with Gasteiger partial charge in [-0.1, -0.05) is 32.4 Å². The molecular formula is C28H40O5. The average Bonchev–Trinajstić information content (AvgIpc) is 3.14. The summed E-state index contributed by atoms with van der Waals surface area (Å²) in [7, 11) is 1.60. The summed E-state index contributed by atoms with van der Waals surface area (Å²) in [6, 6.07) is 3.60. The Morgan fingerprint density at radius 1 is 1.27 bits per heavy atom. The van der Waals surface area contributed by atoms with Crippen molar-refractivity contribution >= 4 is 5.78 Å². The fourth-order valence-electron chi connectivity index (χ4n) is 7.48. The molecule has 3 aliphatic rings. The summed E-state index contributed by atoms with van der Waals surface area (Å²) >= 11 is 0. The molecule has 2 aliphatic carbocycles. The van der Waals surface area contributed by atoms with Gasteiger partial charge in [0.1, 0.15) is 17.3 Å². The summed E-state index contributed by atoms with van der Waals surface area (Å²) in [5.74, 6) is 0.214. The van der Waals surface area contributed by atoms with Crippen LogP contribution in [0.15, 0.2) is 24.3 Å². The molecule has 0 radical (unpaired) electrons. The number of aliphatic hydroxyl groups excluding tert-OH is 1. The minimum absolute atomic E-state index is 0.120. The van der Waals surface area contributed by atoms with E-state index in [0.717, 1.165) is 30.4 Å². The van der Waals surface area contributed by atoms with Crippen LogP contribution in [0.5, 0.6) is 11.5 Å². The number of ketones is 1. The fraction of sp³-hybridized carbons (Fsp3) is 0.679. The predicted molar refractivity (Wildman–Crippen MR) is 128 cm³/mol. The van der Waals surface area contributed by atoms with Gasteiger partial charge in [-0.25, -0.2) is 0 Å². The first-order valence-electron chi connectivity index (χ1n) is 12.2. The minimum atomic E-state index is -0.688. The molecule has 1 spiro atoms. The molecule has 0 unspecified atom stereocenters. The summed E-state index contributed by atoms with van der Waals surface area (Å²) in [4.78, 5) is 14.4. The number of phenolic OH excluding ortho intramolecular Hbond substituents is 1. The fourth-order valence-corrected chi connectivity index (χ4v) is 7.48. The summed E-state index contributed by atoms with van der Waals surface area (Å²) in [6.07, 6.45) is 3.28. The van der Waals surface area contributed by atoms with Crippen LogP contribution in [0.4, 0.5) is 0 Å². The molecule has 3 fully saturated rings. The summed E-state index contributed by atoms with van der Waals surface area (Å²) in [6.45, 7) is 16.2. The quantitative estimate of drug-likeness (QED) is 0.580. The minimum Gasteiger partial charge on any atom is -0.507 e. The second kappa shape index (κ2) is 7.58. The van der Waals surface area contributed by atoms with Crippen LogP contribution in [0.1, 0.15) is 71.4 Å². The zero-order valence-corrected chi connectivity index (χ0v) is 21.2. The molecule has 182 valence electrons. The monoisotopic (exact) mass is 456 g/mol. The van der Waals surface area contributed by atoms with E-state index in [1.807, 2.05) is 33.8 Å². The van der Waals surface area contributed by atoms with Crippen molar-refractivity contribution in [1.82, 2.24) is 0 Å². The second-order valence-electron chi connectivity index (χ2n) is 11.8. The van der Waals surface area contributed by atoms with E-state index in [9.17, 15) is 15.0 Å². The molecule has 1 aromatic rings. The Kier molecular flexibility index (Phi) is 5.57. The van der Waals surface area contributed by atoms with Gasteiger partial charge < -0.3 is 19.7 Å². The SMILES string of the molecule is C=C(C)[C@H](Cc1cc(OC)cc(C)c1O)C(=O)[C@H]1[C@]2(C)CCC[C@]2(C)[C@]12C[C@H](O)C(C)(C)O2. The van der Waals surface area contributed by atoms with Crippen LogP contribution in [0, 0.1) is 29.6 Å². The summed E-state index contributed by atoms with van der Waals surface area (Å²) in [5.41, 5.74) is 0.506. The molecular weight excluding hydrogens is 416 g/mol.